The number of carbonyl (C=O) groups excluding carboxylic acids is 2. The normalized spacial score (nSPS) is 16.2. The second kappa shape index (κ2) is 44.8. The van der Waals surface area contributed by atoms with Crippen LogP contribution in [0.15, 0.2) is 24.3 Å². The van der Waals surface area contributed by atoms with E-state index in [1.54, 1.807) is 0 Å². The maximum absolute atomic E-state index is 13.1. The van der Waals surface area contributed by atoms with Crippen LogP contribution in [0.3, 0.4) is 0 Å². The summed E-state index contributed by atoms with van der Waals surface area (Å²) in [5, 5.41) is 70.7. The van der Waals surface area contributed by atoms with Crippen LogP contribution >= 0.6 is 0 Å². The van der Waals surface area contributed by atoms with Crippen molar-refractivity contribution in [3.8, 4) is 148 Å². The molecule has 0 saturated carbocycles. The number of rotatable bonds is 31. The number of terminal acetylenes is 1. The molecule has 7 N–H and O–H groups in total. The van der Waals surface area contributed by atoms with Crippen LogP contribution in [0.25, 0.3) is 0 Å². The van der Waals surface area contributed by atoms with Crippen molar-refractivity contribution in [3.63, 3.8) is 0 Å². The van der Waals surface area contributed by atoms with E-state index in [1.807, 2.05) is 0 Å². The lowest BCUT2D eigenvalue weighted by atomic mass is 9.98. The quantitative estimate of drug-likeness (QED) is 0.0159. The van der Waals surface area contributed by atoms with Crippen molar-refractivity contribution in [1.82, 2.24) is 10.6 Å². The van der Waals surface area contributed by atoms with E-state index in [0.717, 1.165) is 38.5 Å². The zero-order valence-corrected chi connectivity index (χ0v) is 44.5. The largest absolute Gasteiger partial charge is 0.412 e. The molecule has 8 atom stereocenters. The average Bonchev–Trinajstić information content (AvgIpc) is 0.819. The van der Waals surface area contributed by atoms with Gasteiger partial charge in [-0.15, -0.1) is 6.42 Å². The van der Waals surface area contributed by atoms with Crippen LogP contribution < -0.4 is 15.4 Å². The van der Waals surface area contributed by atoms with Crippen molar-refractivity contribution in [1.29, 1.82) is 0 Å². The second-order valence-corrected chi connectivity index (χ2v) is 17.4. The van der Waals surface area contributed by atoms with Gasteiger partial charge in [-0.05, 0) is 126 Å². The number of aliphatic hydroxyl groups excluding tert-OH is 5. The molecule has 0 aliphatic carbocycles. The standard InChI is InChI=1S/C63H67N3O13.24H2/c1-3-5-7-9-11-13-15-17-18-19-20-21-22-23-24-25-26-27-29-31-33-35-39-43-57(68)65-54(58(69)55(67)42-38-34-32-30-28-16-14-12-10-8-6-4-2)50-77-62-61(72)60(71)59(70)56(79-62)51-76-49-41-37-36-40-48-64-63(73)78-53-46-44-52(45-47-53)66(74)75;;;;;;;;;;;;;;;;;;;;;;;;/h1,44-47,54-56,58-62,67,69-72H,4,6,8,10,12,14,16,28,30,32,34,36-38,40-43,48-51H2,2H3,(H,64,73)(H,65,68);24*1H/t54-,55+,56?,58-,59-,60-,61?,62-;;;;;;;;;;;;;;;;;;;;;;;;/m0......................../s1. The highest BCUT2D eigenvalue weighted by molar-refractivity contribution is 5.79. The van der Waals surface area contributed by atoms with Crippen LogP contribution in [-0.2, 0) is 19.0 Å². The van der Waals surface area contributed by atoms with Gasteiger partial charge in [-0.25, -0.2) is 4.79 Å². The number of nitrogens with zero attached hydrogens (tertiary/aromatic N) is 1. The first-order valence-corrected chi connectivity index (χ1v) is 26.2. The zero-order chi connectivity index (χ0) is 57.4. The Kier molecular flexibility index (Phi) is 38.0. The summed E-state index contributed by atoms with van der Waals surface area (Å²) in [7, 11) is 0. The fraction of sp³-hybridized carbons (Fsp3) is 0.492. The number of nitro groups is 1. The van der Waals surface area contributed by atoms with Gasteiger partial charge in [0.1, 0.15) is 36.3 Å². The zero-order valence-electron chi connectivity index (χ0n) is 44.5. The number of hydrogen-bond acceptors (Lipinski definition) is 13. The predicted molar refractivity (Wildman–Crippen MR) is 348 cm³/mol. The van der Waals surface area contributed by atoms with E-state index in [1.165, 1.54) is 69.2 Å². The number of amides is 2. The number of hydrogen-bond donors (Lipinski definition) is 7. The Hall–Kier alpha value is -8.24. The lowest BCUT2D eigenvalue weighted by molar-refractivity contribution is -0.384. The van der Waals surface area contributed by atoms with Crippen molar-refractivity contribution < 1.29 is 93.2 Å². The van der Waals surface area contributed by atoms with Gasteiger partial charge < -0.3 is 55.1 Å². The summed E-state index contributed by atoms with van der Waals surface area (Å²) in [5.41, 5.74) is -0.122. The van der Waals surface area contributed by atoms with E-state index in [9.17, 15) is 45.2 Å². The Morgan fingerprint density at radius 2 is 1.15 bits per heavy atom. The molecule has 1 aromatic carbocycles. The highest BCUT2D eigenvalue weighted by atomic mass is 16.7. The van der Waals surface area contributed by atoms with Crippen molar-refractivity contribution in [3.05, 3.63) is 34.4 Å². The van der Waals surface area contributed by atoms with Gasteiger partial charge in [0.15, 0.2) is 6.29 Å². The van der Waals surface area contributed by atoms with Gasteiger partial charge in [0.2, 0.25) is 5.91 Å². The van der Waals surface area contributed by atoms with Crippen LogP contribution in [0.5, 0.6) is 5.75 Å². The van der Waals surface area contributed by atoms with E-state index in [0.29, 0.717) is 25.8 Å². The average molecular weight is 1120 g/mol. The summed E-state index contributed by atoms with van der Waals surface area (Å²) in [6.45, 7) is 2.19. The van der Waals surface area contributed by atoms with E-state index < -0.39 is 72.5 Å². The number of benzene rings is 1. The molecule has 1 aliphatic heterocycles. The minimum Gasteiger partial charge on any atom is -0.410 e. The SMILES string of the molecule is C#CC#CC#CC#CC#CC#CC#CC#CC#CC#CC#CC#CCC(=O)N[C@@H](CO[C@H]1OC(COCCCCCCNC(=O)Oc2ccc([N+](=O)[O-])cc2)[C@H](O)[C@H](O)C1O)[C@H](O)[C@H](O)CCCCCCCCCCCCCC.[HH].[HH].[HH].[HH].[HH].[HH].[HH].[HH].[HH].[HH].[HH].[HH].[HH].[HH].[HH].[HH].[HH].[HH].[HH].[HH].[HH].[HH].[HH].[HH]. The highest BCUT2D eigenvalue weighted by Gasteiger charge is 2.45. The maximum Gasteiger partial charge on any atom is 0.412 e. The number of aliphatic hydroxyl groups is 5. The third-order valence-corrected chi connectivity index (χ3v) is 11.3. The topological polar surface area (TPSA) is 239 Å². The first-order valence-electron chi connectivity index (χ1n) is 26.2. The molecule has 0 radical (unpaired) electrons. The van der Waals surface area contributed by atoms with Crippen LogP contribution in [0.2, 0.25) is 0 Å². The van der Waals surface area contributed by atoms with Gasteiger partial charge in [-0.2, -0.15) is 0 Å². The van der Waals surface area contributed by atoms with Crippen LogP contribution in [0, 0.1) is 153 Å². The molecule has 1 aromatic rings. The van der Waals surface area contributed by atoms with E-state index in [2.05, 4.69) is 154 Å². The summed E-state index contributed by atoms with van der Waals surface area (Å²) in [4.78, 5) is 35.4. The lowest BCUT2D eigenvalue weighted by Gasteiger charge is -2.40. The van der Waals surface area contributed by atoms with Crippen LogP contribution in [0.1, 0.15) is 157 Å². The van der Waals surface area contributed by atoms with Gasteiger partial charge in [0.05, 0.1) is 36.7 Å². The summed E-state index contributed by atoms with van der Waals surface area (Å²) in [6.07, 6.45) is 10.2. The van der Waals surface area contributed by atoms with Gasteiger partial charge in [0, 0.05) is 95.0 Å². The molecule has 1 heterocycles. The van der Waals surface area contributed by atoms with E-state index in [4.69, 9.17) is 25.4 Å². The van der Waals surface area contributed by atoms with E-state index >= 15 is 0 Å². The van der Waals surface area contributed by atoms with Gasteiger partial charge in [0.25, 0.3) is 5.69 Å². The molecule has 1 fully saturated rings. The van der Waals surface area contributed by atoms with Crippen molar-refractivity contribution >= 4 is 17.7 Å². The summed E-state index contributed by atoms with van der Waals surface area (Å²) < 4.78 is 22.5. The molecule has 0 aromatic heterocycles. The monoisotopic (exact) mass is 1120 g/mol. The van der Waals surface area contributed by atoms with Crippen molar-refractivity contribution in [2.75, 3.05) is 26.4 Å². The molecule has 0 spiro atoms. The molecule has 1 saturated heterocycles. The summed E-state index contributed by atoms with van der Waals surface area (Å²) in [6, 6.07) is 3.92. The lowest BCUT2D eigenvalue weighted by Crippen LogP contribution is -2.60. The molecule has 2 unspecified atom stereocenters. The Morgan fingerprint density at radius 1 is 0.671 bits per heavy atom. The Bertz CT molecular complexity index is 2940. The maximum atomic E-state index is 13.1. The number of ether oxygens (including phenoxy) is 4. The van der Waals surface area contributed by atoms with Crippen LogP contribution in [0.4, 0.5) is 10.5 Å². The van der Waals surface area contributed by atoms with Crippen molar-refractivity contribution in [2.24, 2.45) is 0 Å². The Morgan fingerprint density at radius 3 is 1.67 bits per heavy atom. The molecule has 0 bridgehead atoms. The minimum atomic E-state index is -1.71. The number of nitrogens with one attached hydrogen (secondary N) is 2. The predicted octanol–water partition coefficient (Wildman–Crippen LogP) is 10.3. The summed E-state index contributed by atoms with van der Waals surface area (Å²) in [5.74, 6) is 56.2. The first-order chi connectivity index (χ1) is 38.5. The summed E-state index contributed by atoms with van der Waals surface area (Å²) >= 11 is 0. The smallest absolute Gasteiger partial charge is 0.410 e. The number of carbonyl (C=O) groups is 2. The van der Waals surface area contributed by atoms with Gasteiger partial charge in [-0.1, -0.05) is 103 Å². The van der Waals surface area contributed by atoms with Gasteiger partial charge >= 0.3 is 6.09 Å². The molecular weight excluding hydrogens is 1010 g/mol. The number of unbranched alkanes of at least 4 members (excludes halogenated alkanes) is 14. The first kappa shape index (κ1) is 66.9. The molecule has 16 heteroatoms. The second-order valence-electron chi connectivity index (χ2n) is 17.4. The molecule has 1 aliphatic rings. The Balaban J connectivity index is -0.000000127. The third kappa shape index (κ3) is 33.5. The molecule has 2 amide bonds. The van der Waals surface area contributed by atoms with Gasteiger partial charge in [-0.3, -0.25) is 14.9 Å². The minimum absolute atomic E-state index is 0. The highest BCUT2D eigenvalue weighted by Crippen LogP contribution is 2.24. The molecule has 16 nitrogen and oxygen atoms in total. The number of nitro benzene ring substituents is 1. The van der Waals surface area contributed by atoms with Crippen molar-refractivity contribution in [2.45, 2.75) is 171 Å². The molecule has 79 heavy (non-hydrogen) atoms. The van der Waals surface area contributed by atoms with Crippen LogP contribution in [-0.4, -0.2) is 118 Å². The third-order valence-electron chi connectivity index (χ3n) is 11.3. The molecule has 2 rings (SSSR count). The molecular formula is C63H115N3O13. The fourth-order valence-electron chi connectivity index (χ4n) is 7.16. The number of non-ortho nitro benzene ring substituents is 1. The Labute approximate surface area is 501 Å². The van der Waals surface area contributed by atoms with E-state index in [-0.39, 0.29) is 71.7 Å². The molecule has 460 valence electrons. The fourth-order valence-corrected chi connectivity index (χ4v) is 7.16.